The Hall–Kier alpha value is -1.61. The van der Waals surface area contributed by atoms with Gasteiger partial charge in [0.15, 0.2) is 5.76 Å². The summed E-state index contributed by atoms with van der Waals surface area (Å²) in [6, 6.07) is 9.84. The van der Waals surface area contributed by atoms with Gasteiger partial charge in [-0.15, -0.1) is 0 Å². The summed E-state index contributed by atoms with van der Waals surface area (Å²) in [5.74, 6) is 0.758. The third kappa shape index (κ3) is 1.78. The van der Waals surface area contributed by atoms with Crippen molar-refractivity contribution >= 4 is 0 Å². The van der Waals surface area contributed by atoms with Crippen molar-refractivity contribution in [3.05, 3.63) is 41.7 Å². The van der Waals surface area contributed by atoms with Gasteiger partial charge >= 0.3 is 0 Å². The van der Waals surface area contributed by atoms with Crippen LogP contribution in [-0.2, 0) is 0 Å². The Morgan fingerprint density at radius 3 is 2.47 bits per heavy atom. The fourth-order valence-electron chi connectivity index (χ4n) is 1.64. The van der Waals surface area contributed by atoms with Crippen molar-refractivity contribution in [2.75, 3.05) is 0 Å². The number of rotatable bonds is 2. The molecule has 1 aromatic carbocycles. The van der Waals surface area contributed by atoms with Gasteiger partial charge in [-0.3, -0.25) is 0 Å². The van der Waals surface area contributed by atoms with Crippen LogP contribution in [0, 0.1) is 6.92 Å². The molecular weight excluding hydrogens is 188 g/mol. The summed E-state index contributed by atoms with van der Waals surface area (Å²) in [7, 11) is 0. The molecule has 1 unspecified atom stereocenters. The minimum Gasteiger partial charge on any atom is -0.359 e. The van der Waals surface area contributed by atoms with Crippen LogP contribution in [0.3, 0.4) is 0 Å². The Labute approximate surface area is 88.9 Å². The van der Waals surface area contributed by atoms with Gasteiger partial charge in [-0.25, -0.2) is 0 Å². The Balaban J connectivity index is 2.47. The van der Waals surface area contributed by atoms with E-state index in [1.807, 2.05) is 44.2 Å². The largest absolute Gasteiger partial charge is 0.359 e. The molecule has 0 aliphatic carbocycles. The first-order valence-corrected chi connectivity index (χ1v) is 4.97. The first kappa shape index (κ1) is 9.93. The van der Waals surface area contributed by atoms with Gasteiger partial charge in [0.2, 0.25) is 0 Å². The summed E-state index contributed by atoms with van der Waals surface area (Å²) in [6.45, 7) is 3.87. The Kier molecular flexibility index (Phi) is 2.56. The summed E-state index contributed by atoms with van der Waals surface area (Å²) < 4.78 is 5.24. The van der Waals surface area contributed by atoms with Crippen molar-refractivity contribution < 1.29 is 4.52 Å². The lowest BCUT2D eigenvalue weighted by Gasteiger charge is -2.00. The van der Waals surface area contributed by atoms with Crippen LogP contribution in [-0.4, -0.2) is 5.16 Å². The van der Waals surface area contributed by atoms with Crippen molar-refractivity contribution in [1.29, 1.82) is 0 Å². The topological polar surface area (TPSA) is 52.0 Å². The second kappa shape index (κ2) is 3.87. The molecular formula is C12H14N2O. The third-order valence-electron chi connectivity index (χ3n) is 2.42. The summed E-state index contributed by atoms with van der Waals surface area (Å²) in [5.41, 5.74) is 8.73. The van der Waals surface area contributed by atoms with Gasteiger partial charge in [0.05, 0.1) is 6.04 Å². The normalized spacial score (nSPS) is 12.7. The molecule has 0 spiro atoms. The molecule has 0 aliphatic rings. The molecule has 15 heavy (non-hydrogen) atoms. The van der Waals surface area contributed by atoms with Gasteiger partial charge in [-0.2, -0.15) is 0 Å². The minimum absolute atomic E-state index is 0.116. The molecule has 0 fully saturated rings. The highest BCUT2D eigenvalue weighted by Gasteiger charge is 2.15. The van der Waals surface area contributed by atoms with Crippen molar-refractivity contribution in [2.24, 2.45) is 5.73 Å². The lowest BCUT2D eigenvalue weighted by atomic mass is 10.1. The van der Waals surface area contributed by atoms with E-state index in [0.29, 0.717) is 0 Å². The smallest absolute Gasteiger partial charge is 0.156 e. The van der Waals surface area contributed by atoms with E-state index in [0.717, 1.165) is 22.6 Å². The number of benzene rings is 1. The first-order chi connectivity index (χ1) is 7.20. The van der Waals surface area contributed by atoms with Crippen LogP contribution in [0.15, 0.2) is 34.9 Å². The zero-order valence-electron chi connectivity index (χ0n) is 8.90. The molecule has 0 amide bonds. The highest BCUT2D eigenvalue weighted by Crippen LogP contribution is 2.26. The Bertz CT molecular complexity index is 446. The first-order valence-electron chi connectivity index (χ1n) is 4.97. The zero-order chi connectivity index (χ0) is 10.8. The molecule has 3 heteroatoms. The van der Waals surface area contributed by atoms with Crippen molar-refractivity contribution in [2.45, 2.75) is 19.9 Å². The molecule has 0 saturated heterocycles. The van der Waals surface area contributed by atoms with Gasteiger partial charge < -0.3 is 10.3 Å². The summed E-state index contributed by atoms with van der Waals surface area (Å²) in [5, 5.41) is 4.05. The SMILES string of the molecule is Cc1c(-c2ccccc2)noc1C(C)N. The number of hydrogen-bond donors (Lipinski definition) is 1. The molecule has 2 N–H and O–H groups in total. The van der Waals surface area contributed by atoms with E-state index >= 15 is 0 Å². The fraction of sp³-hybridized carbons (Fsp3) is 0.250. The van der Waals surface area contributed by atoms with Gasteiger partial charge in [0.25, 0.3) is 0 Å². The Morgan fingerprint density at radius 2 is 1.93 bits per heavy atom. The third-order valence-corrected chi connectivity index (χ3v) is 2.42. The second-order valence-corrected chi connectivity index (χ2v) is 3.68. The molecule has 3 nitrogen and oxygen atoms in total. The zero-order valence-corrected chi connectivity index (χ0v) is 8.90. The van der Waals surface area contributed by atoms with E-state index < -0.39 is 0 Å². The second-order valence-electron chi connectivity index (χ2n) is 3.68. The van der Waals surface area contributed by atoms with Gasteiger partial charge in [0.1, 0.15) is 5.69 Å². The van der Waals surface area contributed by atoms with Gasteiger partial charge in [-0.05, 0) is 13.8 Å². The molecule has 2 rings (SSSR count). The monoisotopic (exact) mass is 202 g/mol. The predicted octanol–water partition coefficient (Wildman–Crippen LogP) is 2.67. The van der Waals surface area contributed by atoms with Crippen LogP contribution < -0.4 is 5.73 Å². The highest BCUT2D eigenvalue weighted by atomic mass is 16.5. The molecule has 0 aliphatic heterocycles. The standard InChI is InChI=1S/C12H14N2O/c1-8-11(10-6-4-3-5-7-10)14-15-12(8)9(2)13/h3-7,9H,13H2,1-2H3. The maximum absolute atomic E-state index is 5.77. The van der Waals surface area contributed by atoms with E-state index in [9.17, 15) is 0 Å². The van der Waals surface area contributed by atoms with E-state index in [1.54, 1.807) is 0 Å². The van der Waals surface area contributed by atoms with Crippen molar-refractivity contribution in [3.8, 4) is 11.3 Å². The van der Waals surface area contributed by atoms with Crippen LogP contribution in [0.25, 0.3) is 11.3 Å². The van der Waals surface area contributed by atoms with E-state index in [4.69, 9.17) is 10.3 Å². The number of aromatic nitrogens is 1. The van der Waals surface area contributed by atoms with E-state index in [1.165, 1.54) is 0 Å². The molecule has 1 heterocycles. The van der Waals surface area contributed by atoms with Crippen LogP contribution >= 0.6 is 0 Å². The average Bonchev–Trinajstić information content (AvgIpc) is 2.61. The van der Waals surface area contributed by atoms with E-state index in [2.05, 4.69) is 5.16 Å². The molecule has 0 bridgehead atoms. The van der Waals surface area contributed by atoms with Gasteiger partial charge in [0, 0.05) is 11.1 Å². The average molecular weight is 202 g/mol. The molecule has 1 atom stereocenters. The maximum atomic E-state index is 5.77. The van der Waals surface area contributed by atoms with Crippen molar-refractivity contribution in [1.82, 2.24) is 5.16 Å². The lowest BCUT2D eigenvalue weighted by Crippen LogP contribution is -2.04. The Morgan fingerprint density at radius 1 is 1.27 bits per heavy atom. The number of nitrogens with two attached hydrogens (primary N) is 1. The quantitative estimate of drug-likeness (QED) is 0.814. The highest BCUT2D eigenvalue weighted by molar-refractivity contribution is 5.62. The van der Waals surface area contributed by atoms with Crippen LogP contribution in [0.4, 0.5) is 0 Å². The predicted molar refractivity (Wildman–Crippen MR) is 59.3 cm³/mol. The fourth-order valence-corrected chi connectivity index (χ4v) is 1.64. The van der Waals surface area contributed by atoms with Crippen LogP contribution in [0.2, 0.25) is 0 Å². The molecule has 2 aromatic rings. The van der Waals surface area contributed by atoms with E-state index in [-0.39, 0.29) is 6.04 Å². The molecule has 1 aromatic heterocycles. The summed E-state index contributed by atoms with van der Waals surface area (Å²) in [6.07, 6.45) is 0. The lowest BCUT2D eigenvalue weighted by molar-refractivity contribution is 0.368. The van der Waals surface area contributed by atoms with Gasteiger partial charge in [-0.1, -0.05) is 35.5 Å². The molecule has 0 saturated carbocycles. The number of nitrogens with zero attached hydrogens (tertiary/aromatic N) is 1. The van der Waals surface area contributed by atoms with Crippen LogP contribution in [0.5, 0.6) is 0 Å². The molecule has 78 valence electrons. The molecule has 0 radical (unpaired) electrons. The number of hydrogen-bond acceptors (Lipinski definition) is 3. The minimum atomic E-state index is -0.116. The summed E-state index contributed by atoms with van der Waals surface area (Å²) in [4.78, 5) is 0. The summed E-state index contributed by atoms with van der Waals surface area (Å²) >= 11 is 0. The van der Waals surface area contributed by atoms with Crippen molar-refractivity contribution in [3.63, 3.8) is 0 Å². The van der Waals surface area contributed by atoms with Crippen LogP contribution in [0.1, 0.15) is 24.3 Å². The maximum Gasteiger partial charge on any atom is 0.156 e.